The molecule has 4 atom stereocenters. The SMILES string of the molecule is C[C@H]1[C@H](O)[C@H](C)O[C@@H]1C[Si](C)(C)c1ccccc1. The molecule has 3 heteroatoms. The van der Waals surface area contributed by atoms with Crippen molar-refractivity contribution in [2.75, 3.05) is 0 Å². The summed E-state index contributed by atoms with van der Waals surface area (Å²) in [5.41, 5.74) is 0. The highest BCUT2D eigenvalue weighted by atomic mass is 28.3. The highest BCUT2D eigenvalue weighted by molar-refractivity contribution is 6.89. The predicted octanol–water partition coefficient (Wildman–Crippen LogP) is 2.39. The maximum atomic E-state index is 9.99. The summed E-state index contributed by atoms with van der Waals surface area (Å²) in [5.74, 6) is 0.246. The molecule has 0 bridgehead atoms. The Morgan fingerprint density at radius 1 is 1.17 bits per heavy atom. The summed E-state index contributed by atoms with van der Waals surface area (Å²) in [6.45, 7) is 8.84. The third-order valence-electron chi connectivity index (χ3n) is 4.26. The van der Waals surface area contributed by atoms with Crippen LogP contribution >= 0.6 is 0 Å². The van der Waals surface area contributed by atoms with Crippen LogP contribution in [0.2, 0.25) is 19.1 Å². The molecule has 0 amide bonds. The van der Waals surface area contributed by atoms with Crippen LogP contribution in [0.1, 0.15) is 13.8 Å². The summed E-state index contributed by atoms with van der Waals surface area (Å²) in [6.07, 6.45) is -0.127. The van der Waals surface area contributed by atoms with Crippen LogP contribution in [-0.4, -0.2) is 31.5 Å². The van der Waals surface area contributed by atoms with Crippen molar-refractivity contribution < 1.29 is 9.84 Å². The Morgan fingerprint density at radius 3 is 2.28 bits per heavy atom. The molecule has 0 aromatic heterocycles. The third-order valence-corrected chi connectivity index (χ3v) is 7.58. The van der Waals surface area contributed by atoms with E-state index in [0.29, 0.717) is 0 Å². The van der Waals surface area contributed by atoms with Crippen molar-refractivity contribution in [1.29, 1.82) is 0 Å². The Bertz CT molecular complexity index is 391. The molecule has 1 saturated heterocycles. The lowest BCUT2D eigenvalue weighted by molar-refractivity contribution is 0.0283. The molecule has 0 radical (unpaired) electrons. The van der Waals surface area contributed by atoms with Crippen LogP contribution in [0.25, 0.3) is 0 Å². The van der Waals surface area contributed by atoms with Gasteiger partial charge in [0.05, 0.1) is 26.4 Å². The fraction of sp³-hybridized carbons (Fsp3) is 0.600. The molecular formula is C15H24O2Si. The molecule has 100 valence electrons. The van der Waals surface area contributed by atoms with E-state index in [1.165, 1.54) is 5.19 Å². The van der Waals surface area contributed by atoms with Crippen molar-refractivity contribution in [2.24, 2.45) is 5.92 Å². The van der Waals surface area contributed by atoms with E-state index in [2.05, 4.69) is 50.3 Å². The largest absolute Gasteiger partial charge is 0.390 e. The van der Waals surface area contributed by atoms with E-state index in [-0.39, 0.29) is 24.2 Å². The van der Waals surface area contributed by atoms with Crippen LogP contribution < -0.4 is 5.19 Å². The molecule has 1 fully saturated rings. The van der Waals surface area contributed by atoms with Crippen LogP contribution in [0.4, 0.5) is 0 Å². The van der Waals surface area contributed by atoms with Crippen molar-refractivity contribution in [3.63, 3.8) is 0 Å². The number of aliphatic hydroxyl groups is 1. The maximum Gasteiger partial charge on any atom is 0.0849 e. The van der Waals surface area contributed by atoms with Gasteiger partial charge in [0.2, 0.25) is 0 Å². The smallest absolute Gasteiger partial charge is 0.0849 e. The molecule has 2 rings (SSSR count). The van der Waals surface area contributed by atoms with Crippen molar-refractivity contribution in [2.45, 2.75) is 51.3 Å². The topological polar surface area (TPSA) is 29.5 Å². The predicted molar refractivity (Wildman–Crippen MR) is 77.9 cm³/mol. The molecule has 0 unspecified atom stereocenters. The van der Waals surface area contributed by atoms with Gasteiger partial charge in [-0.25, -0.2) is 0 Å². The Morgan fingerprint density at radius 2 is 1.78 bits per heavy atom. The van der Waals surface area contributed by atoms with Gasteiger partial charge in [0.1, 0.15) is 0 Å². The summed E-state index contributed by atoms with van der Waals surface area (Å²) in [7, 11) is -1.48. The molecule has 1 heterocycles. The fourth-order valence-electron chi connectivity index (χ4n) is 2.87. The lowest BCUT2D eigenvalue weighted by atomic mass is 10.0. The summed E-state index contributed by atoms with van der Waals surface area (Å²) in [6, 6.07) is 11.8. The first kappa shape index (κ1) is 13.8. The fourth-order valence-corrected chi connectivity index (χ4v) is 5.68. The lowest BCUT2D eigenvalue weighted by Crippen LogP contribution is -2.45. The van der Waals surface area contributed by atoms with Crippen molar-refractivity contribution in [1.82, 2.24) is 0 Å². The van der Waals surface area contributed by atoms with Crippen LogP contribution in [0.3, 0.4) is 0 Å². The first-order valence-electron chi connectivity index (χ1n) is 6.81. The van der Waals surface area contributed by atoms with Gasteiger partial charge >= 0.3 is 0 Å². The number of aliphatic hydroxyl groups excluding tert-OH is 1. The minimum atomic E-state index is -1.48. The van der Waals surface area contributed by atoms with Gasteiger partial charge in [-0.2, -0.15) is 0 Å². The quantitative estimate of drug-likeness (QED) is 0.850. The number of benzene rings is 1. The zero-order chi connectivity index (χ0) is 13.3. The third kappa shape index (κ3) is 2.68. The summed E-state index contributed by atoms with van der Waals surface area (Å²) in [4.78, 5) is 0. The molecule has 1 aromatic rings. The van der Waals surface area contributed by atoms with E-state index in [4.69, 9.17) is 4.74 Å². The molecular weight excluding hydrogens is 240 g/mol. The van der Waals surface area contributed by atoms with Crippen molar-refractivity contribution >= 4 is 13.3 Å². The highest BCUT2D eigenvalue weighted by Gasteiger charge is 2.41. The van der Waals surface area contributed by atoms with Crippen LogP contribution in [-0.2, 0) is 4.74 Å². The van der Waals surface area contributed by atoms with Gasteiger partial charge in [-0.3, -0.25) is 0 Å². The Kier molecular flexibility index (Phi) is 3.95. The van der Waals surface area contributed by atoms with E-state index in [1.807, 2.05) is 6.92 Å². The molecule has 2 nitrogen and oxygen atoms in total. The van der Waals surface area contributed by atoms with Gasteiger partial charge in [0.15, 0.2) is 0 Å². The van der Waals surface area contributed by atoms with Gasteiger partial charge < -0.3 is 9.84 Å². The van der Waals surface area contributed by atoms with Crippen LogP contribution in [0.5, 0.6) is 0 Å². The lowest BCUT2D eigenvalue weighted by Gasteiger charge is -2.28. The molecule has 1 N–H and O–H groups in total. The minimum absolute atomic E-state index is 0.0226. The molecule has 1 aliphatic heterocycles. The average molecular weight is 264 g/mol. The van der Waals surface area contributed by atoms with Gasteiger partial charge in [-0.15, -0.1) is 0 Å². The van der Waals surface area contributed by atoms with Crippen LogP contribution in [0, 0.1) is 5.92 Å². The maximum absolute atomic E-state index is 9.99. The van der Waals surface area contributed by atoms with Gasteiger partial charge in [0.25, 0.3) is 0 Å². The molecule has 1 aromatic carbocycles. The van der Waals surface area contributed by atoms with E-state index in [0.717, 1.165) is 6.04 Å². The molecule has 0 saturated carbocycles. The molecule has 0 aliphatic carbocycles. The normalized spacial score (nSPS) is 32.7. The van der Waals surface area contributed by atoms with Crippen LogP contribution in [0.15, 0.2) is 30.3 Å². The molecule has 0 spiro atoms. The van der Waals surface area contributed by atoms with E-state index in [1.54, 1.807) is 0 Å². The zero-order valence-electron chi connectivity index (χ0n) is 11.8. The van der Waals surface area contributed by atoms with Gasteiger partial charge in [0, 0.05) is 5.92 Å². The number of ether oxygens (including phenoxy) is 1. The summed E-state index contributed by atoms with van der Waals surface area (Å²) < 4.78 is 5.93. The van der Waals surface area contributed by atoms with E-state index >= 15 is 0 Å². The second-order valence-electron chi connectivity index (χ2n) is 6.18. The van der Waals surface area contributed by atoms with E-state index < -0.39 is 8.07 Å². The first-order chi connectivity index (χ1) is 8.42. The Hall–Kier alpha value is -0.643. The summed E-state index contributed by atoms with van der Waals surface area (Å²) >= 11 is 0. The van der Waals surface area contributed by atoms with Gasteiger partial charge in [-0.1, -0.05) is 55.5 Å². The number of hydrogen-bond acceptors (Lipinski definition) is 2. The standard InChI is InChI=1S/C15H24O2Si/c1-11-14(17-12(2)15(11)16)10-18(3,4)13-8-6-5-7-9-13/h5-9,11-12,14-16H,10H2,1-4H3/t11-,12+,14-,15+/m1/s1. The Labute approximate surface area is 111 Å². The monoisotopic (exact) mass is 264 g/mol. The van der Waals surface area contributed by atoms with E-state index in [9.17, 15) is 5.11 Å². The average Bonchev–Trinajstić information content (AvgIpc) is 2.58. The second-order valence-corrected chi connectivity index (χ2v) is 10.9. The van der Waals surface area contributed by atoms with Gasteiger partial charge in [-0.05, 0) is 13.0 Å². The summed E-state index contributed by atoms with van der Waals surface area (Å²) in [5, 5.41) is 11.5. The second kappa shape index (κ2) is 5.15. The highest BCUT2D eigenvalue weighted by Crippen LogP contribution is 2.31. The van der Waals surface area contributed by atoms with Crippen molar-refractivity contribution in [3.8, 4) is 0 Å². The molecule has 1 aliphatic rings. The Balaban J connectivity index is 2.10. The zero-order valence-corrected chi connectivity index (χ0v) is 12.8. The van der Waals surface area contributed by atoms with Crippen molar-refractivity contribution in [3.05, 3.63) is 30.3 Å². The minimum Gasteiger partial charge on any atom is -0.390 e. The molecule has 18 heavy (non-hydrogen) atoms. The number of hydrogen-bond donors (Lipinski definition) is 1. The number of rotatable bonds is 3. The first-order valence-corrected chi connectivity index (χ1v) is 10.0.